The number of carbonyl (C=O) groups excluding carboxylic acids is 1. The molecule has 7 nitrogen and oxygen atoms in total. The van der Waals surface area contributed by atoms with Gasteiger partial charge in [0.15, 0.2) is 0 Å². The summed E-state index contributed by atoms with van der Waals surface area (Å²) in [7, 11) is 0. The molecule has 1 unspecified atom stereocenters. The van der Waals surface area contributed by atoms with Crippen LogP contribution in [0.4, 0.5) is 0 Å². The highest BCUT2D eigenvalue weighted by Gasteiger charge is 2.09. The van der Waals surface area contributed by atoms with Crippen LogP contribution in [0.25, 0.3) is 0 Å². The van der Waals surface area contributed by atoms with E-state index in [-0.39, 0.29) is 0 Å². The zero-order valence-corrected chi connectivity index (χ0v) is 17.7. The molecule has 0 spiro atoms. The monoisotopic (exact) mass is 409 g/mol. The number of benzene rings is 1. The van der Waals surface area contributed by atoms with Crippen LogP contribution in [-0.4, -0.2) is 42.6 Å². The number of ether oxygens (including phenoxy) is 1. The van der Waals surface area contributed by atoms with E-state index in [9.17, 15) is 9.59 Å². The molecule has 1 atom stereocenters. The van der Waals surface area contributed by atoms with Gasteiger partial charge in [-0.1, -0.05) is 32.6 Å². The number of nitrogens with two attached hydrogens (primary N) is 3. The van der Waals surface area contributed by atoms with Crippen molar-refractivity contribution in [2.24, 2.45) is 17.2 Å². The van der Waals surface area contributed by atoms with E-state index in [4.69, 9.17) is 27.0 Å². The van der Waals surface area contributed by atoms with Gasteiger partial charge in [0, 0.05) is 11.6 Å². The third-order valence-electron chi connectivity index (χ3n) is 4.43. The number of rotatable bonds is 9. The minimum Gasteiger partial charge on any atom is -0.494 e. The third-order valence-corrected chi connectivity index (χ3v) is 4.43. The minimum absolute atomic E-state index is 0.520. The lowest BCUT2D eigenvalue weighted by Crippen LogP contribution is -2.29. The molecule has 0 heterocycles. The van der Waals surface area contributed by atoms with Gasteiger partial charge in [0.25, 0.3) is 0 Å². The molecule has 29 heavy (non-hydrogen) atoms. The fourth-order valence-electron chi connectivity index (χ4n) is 2.63. The van der Waals surface area contributed by atoms with E-state index < -0.39 is 12.0 Å². The molecule has 0 bridgehead atoms. The summed E-state index contributed by atoms with van der Waals surface area (Å²) >= 11 is 0. The molecule has 0 radical (unpaired) electrons. The Morgan fingerprint density at radius 3 is 2.24 bits per heavy atom. The molecular formula is C22H39N3O4. The lowest BCUT2D eigenvalue weighted by molar-refractivity contribution is -0.138. The van der Waals surface area contributed by atoms with Crippen LogP contribution in [0.15, 0.2) is 24.3 Å². The molecule has 166 valence electrons. The Hall–Kier alpha value is -1.96. The molecule has 1 fully saturated rings. The lowest BCUT2D eigenvalue weighted by Gasteiger charge is -2.15. The highest BCUT2D eigenvalue weighted by atomic mass is 16.5. The van der Waals surface area contributed by atoms with Gasteiger partial charge < -0.3 is 27.0 Å². The minimum atomic E-state index is -0.933. The SMILES string of the molecule is CCCOc1ccc(C=O)cc1.NC1CCCCC1.NCCCCC(N)C(=O)O. The summed E-state index contributed by atoms with van der Waals surface area (Å²) in [6, 6.07) is 6.93. The number of aliphatic carboxylic acids is 1. The van der Waals surface area contributed by atoms with Gasteiger partial charge >= 0.3 is 5.97 Å². The molecule has 1 aromatic rings. The highest BCUT2D eigenvalue weighted by molar-refractivity contribution is 5.74. The highest BCUT2D eigenvalue weighted by Crippen LogP contribution is 2.14. The van der Waals surface area contributed by atoms with Crippen LogP contribution in [0.3, 0.4) is 0 Å². The standard InChI is InChI=1S/C10H12O2.C6H14N2O2.C6H13N/c1-2-7-12-10-5-3-9(8-11)4-6-10;7-4-2-1-3-5(8)6(9)10;7-6-4-2-1-3-5-6/h3-6,8H,2,7H2,1H3;5H,1-4,7-8H2,(H,9,10);6H,1-5,7H2. The summed E-state index contributed by atoms with van der Waals surface area (Å²) in [6.45, 7) is 3.38. The number of carboxylic acid groups (broad SMARTS) is 1. The van der Waals surface area contributed by atoms with Crippen LogP contribution in [0.1, 0.15) is 75.1 Å². The zero-order valence-electron chi connectivity index (χ0n) is 17.7. The van der Waals surface area contributed by atoms with Crippen molar-refractivity contribution in [1.82, 2.24) is 0 Å². The first kappa shape index (κ1) is 27.0. The van der Waals surface area contributed by atoms with E-state index in [1.807, 2.05) is 0 Å². The molecule has 0 aliphatic heterocycles. The van der Waals surface area contributed by atoms with Crippen molar-refractivity contribution >= 4 is 12.3 Å². The number of hydrogen-bond donors (Lipinski definition) is 4. The van der Waals surface area contributed by atoms with Crippen molar-refractivity contribution in [2.75, 3.05) is 13.2 Å². The van der Waals surface area contributed by atoms with Crippen molar-refractivity contribution in [2.45, 2.75) is 76.8 Å². The second-order valence-electron chi connectivity index (χ2n) is 7.16. The van der Waals surface area contributed by atoms with Crippen LogP contribution < -0.4 is 21.9 Å². The molecule has 1 aromatic carbocycles. The van der Waals surface area contributed by atoms with Crippen LogP contribution in [0, 0.1) is 0 Å². The fourth-order valence-corrected chi connectivity index (χ4v) is 2.63. The van der Waals surface area contributed by atoms with Gasteiger partial charge in [-0.15, -0.1) is 0 Å². The Morgan fingerprint density at radius 2 is 1.83 bits per heavy atom. The average Bonchev–Trinajstić information content (AvgIpc) is 2.74. The Labute approximate surface area is 175 Å². The Kier molecular flexibility index (Phi) is 16.9. The largest absolute Gasteiger partial charge is 0.494 e. The summed E-state index contributed by atoms with van der Waals surface area (Å²) in [6.07, 6.45) is 10.6. The third kappa shape index (κ3) is 15.6. The quantitative estimate of drug-likeness (QED) is 0.362. The van der Waals surface area contributed by atoms with E-state index in [2.05, 4.69) is 6.92 Å². The first-order valence-electron chi connectivity index (χ1n) is 10.6. The maximum Gasteiger partial charge on any atom is 0.320 e. The lowest BCUT2D eigenvalue weighted by atomic mass is 9.97. The maximum absolute atomic E-state index is 10.3. The van der Waals surface area contributed by atoms with E-state index in [1.165, 1.54) is 32.1 Å². The fraction of sp³-hybridized carbons (Fsp3) is 0.636. The molecule has 0 amide bonds. The summed E-state index contributed by atoms with van der Waals surface area (Å²) in [5.41, 5.74) is 16.7. The van der Waals surface area contributed by atoms with Gasteiger partial charge in [0.1, 0.15) is 18.1 Å². The van der Waals surface area contributed by atoms with Crippen molar-refractivity contribution in [3.05, 3.63) is 29.8 Å². The predicted octanol–water partition coefficient (Wildman–Crippen LogP) is 3.09. The van der Waals surface area contributed by atoms with Gasteiger partial charge in [-0.2, -0.15) is 0 Å². The summed E-state index contributed by atoms with van der Waals surface area (Å²) < 4.78 is 5.34. The second kappa shape index (κ2) is 18.1. The topological polar surface area (TPSA) is 142 Å². The van der Waals surface area contributed by atoms with Crippen molar-refractivity contribution in [1.29, 1.82) is 0 Å². The number of aldehydes is 1. The van der Waals surface area contributed by atoms with Gasteiger partial charge in [-0.25, -0.2) is 0 Å². The van der Waals surface area contributed by atoms with E-state index in [0.29, 0.717) is 24.6 Å². The van der Waals surface area contributed by atoms with Crippen molar-refractivity contribution in [3.63, 3.8) is 0 Å². The summed E-state index contributed by atoms with van der Waals surface area (Å²) in [5.74, 6) is -0.112. The van der Waals surface area contributed by atoms with Crippen molar-refractivity contribution in [3.8, 4) is 5.75 Å². The number of unbranched alkanes of at least 4 members (excludes halogenated alkanes) is 1. The summed E-state index contributed by atoms with van der Waals surface area (Å²) in [4.78, 5) is 20.4. The molecule has 7 heteroatoms. The van der Waals surface area contributed by atoms with Gasteiger partial charge in [-0.3, -0.25) is 9.59 Å². The van der Waals surface area contributed by atoms with Crippen molar-refractivity contribution < 1.29 is 19.4 Å². The number of carboxylic acids is 1. The molecule has 0 aromatic heterocycles. The molecule has 1 aliphatic rings. The van der Waals surface area contributed by atoms with Crippen LogP contribution in [-0.2, 0) is 4.79 Å². The van der Waals surface area contributed by atoms with Gasteiger partial charge in [0.2, 0.25) is 0 Å². The maximum atomic E-state index is 10.3. The number of hydrogen-bond acceptors (Lipinski definition) is 6. The van der Waals surface area contributed by atoms with Crippen LogP contribution >= 0.6 is 0 Å². The van der Waals surface area contributed by atoms with E-state index in [1.54, 1.807) is 24.3 Å². The first-order valence-corrected chi connectivity index (χ1v) is 10.6. The van der Waals surface area contributed by atoms with Gasteiger partial charge in [0.05, 0.1) is 6.61 Å². The molecular weight excluding hydrogens is 370 g/mol. The van der Waals surface area contributed by atoms with Crippen LogP contribution in [0.2, 0.25) is 0 Å². The Balaban J connectivity index is 0.000000419. The second-order valence-corrected chi connectivity index (χ2v) is 7.16. The van der Waals surface area contributed by atoms with E-state index >= 15 is 0 Å². The van der Waals surface area contributed by atoms with Gasteiger partial charge in [-0.05, 0) is 62.9 Å². The molecule has 0 saturated heterocycles. The average molecular weight is 410 g/mol. The molecule has 2 rings (SSSR count). The molecule has 1 saturated carbocycles. The molecule has 1 aliphatic carbocycles. The Morgan fingerprint density at radius 1 is 1.21 bits per heavy atom. The Bertz CT molecular complexity index is 531. The first-order chi connectivity index (χ1) is 13.9. The van der Waals surface area contributed by atoms with Crippen LogP contribution in [0.5, 0.6) is 5.75 Å². The smallest absolute Gasteiger partial charge is 0.320 e. The summed E-state index contributed by atoms with van der Waals surface area (Å²) in [5, 5.41) is 8.33. The molecule has 7 N–H and O–H groups in total. The predicted molar refractivity (Wildman–Crippen MR) is 117 cm³/mol. The normalized spacial score (nSPS) is 14.5. The van der Waals surface area contributed by atoms with E-state index in [0.717, 1.165) is 37.9 Å². The zero-order chi connectivity index (χ0) is 21.9. The number of carbonyl (C=O) groups is 2.